The smallest absolute Gasteiger partial charge is 0.442 e. The van der Waals surface area contributed by atoms with Gasteiger partial charge in [0.25, 0.3) is 0 Å². The van der Waals surface area contributed by atoms with Crippen LogP contribution in [0.1, 0.15) is 0 Å². The molecule has 0 fully saturated rings. The van der Waals surface area contributed by atoms with E-state index in [1.54, 1.807) is 24.3 Å². The normalized spacial score (nSPS) is 10.6. The summed E-state index contributed by atoms with van der Waals surface area (Å²) in [6.07, 6.45) is 0. The summed E-state index contributed by atoms with van der Waals surface area (Å²) in [4.78, 5) is 25.0. The number of carbonyl (C=O) groups excluding carboxylic acids is 1. The highest BCUT2D eigenvalue weighted by atomic mass is 32.1. The first-order valence-electron chi connectivity index (χ1n) is 8.42. The van der Waals surface area contributed by atoms with Gasteiger partial charge in [-0.05, 0) is 47.8 Å². The number of amides is 1. The van der Waals surface area contributed by atoms with Gasteiger partial charge in [0.2, 0.25) is 5.91 Å². The molecular formula is C20H15N3O4S. The molecule has 0 saturated heterocycles. The molecule has 2 heterocycles. The van der Waals surface area contributed by atoms with E-state index in [0.29, 0.717) is 17.3 Å². The number of benzene rings is 2. The minimum atomic E-state index is -0.676. The number of carbonyl (C=O) groups is 1. The summed E-state index contributed by atoms with van der Waals surface area (Å²) in [5, 5.41) is 8.37. The SMILES string of the molecule is O=C(Cn1c(-c2cccs2)noc1=O)Nc1ccc(Oc2ccccc2)cc1. The highest BCUT2D eigenvalue weighted by Crippen LogP contribution is 2.23. The van der Waals surface area contributed by atoms with Gasteiger partial charge < -0.3 is 10.1 Å². The second-order valence-corrected chi connectivity index (χ2v) is 6.77. The van der Waals surface area contributed by atoms with Gasteiger partial charge in [0.05, 0.1) is 4.88 Å². The van der Waals surface area contributed by atoms with E-state index in [4.69, 9.17) is 9.26 Å². The largest absolute Gasteiger partial charge is 0.457 e. The van der Waals surface area contributed by atoms with Crippen LogP contribution in [-0.2, 0) is 11.3 Å². The number of para-hydroxylation sites is 1. The molecule has 28 heavy (non-hydrogen) atoms. The maximum atomic E-state index is 12.4. The Bertz CT molecular complexity index is 1120. The number of aromatic nitrogens is 2. The Morgan fingerprint density at radius 1 is 1.04 bits per heavy atom. The van der Waals surface area contributed by atoms with Crippen LogP contribution in [0.2, 0.25) is 0 Å². The van der Waals surface area contributed by atoms with E-state index in [1.807, 2.05) is 47.8 Å². The fourth-order valence-electron chi connectivity index (χ4n) is 2.57. The van der Waals surface area contributed by atoms with E-state index in [-0.39, 0.29) is 12.5 Å². The summed E-state index contributed by atoms with van der Waals surface area (Å²) in [5.41, 5.74) is 0.590. The highest BCUT2D eigenvalue weighted by Gasteiger charge is 2.16. The molecule has 0 saturated carbocycles. The third-order valence-corrected chi connectivity index (χ3v) is 4.71. The van der Waals surface area contributed by atoms with Crippen molar-refractivity contribution in [1.29, 1.82) is 0 Å². The minimum Gasteiger partial charge on any atom is -0.457 e. The number of anilines is 1. The monoisotopic (exact) mass is 393 g/mol. The van der Waals surface area contributed by atoms with Crippen LogP contribution in [0, 0.1) is 0 Å². The zero-order valence-electron chi connectivity index (χ0n) is 14.6. The Kier molecular flexibility index (Phi) is 5.03. The van der Waals surface area contributed by atoms with Gasteiger partial charge in [-0.2, -0.15) is 0 Å². The van der Waals surface area contributed by atoms with E-state index < -0.39 is 5.76 Å². The quantitative estimate of drug-likeness (QED) is 0.535. The molecule has 8 heteroatoms. The van der Waals surface area contributed by atoms with Gasteiger partial charge in [-0.25, -0.2) is 9.36 Å². The van der Waals surface area contributed by atoms with Gasteiger partial charge in [0.1, 0.15) is 18.0 Å². The molecule has 7 nitrogen and oxygen atoms in total. The molecule has 1 N–H and O–H groups in total. The molecule has 4 aromatic rings. The second-order valence-electron chi connectivity index (χ2n) is 5.82. The van der Waals surface area contributed by atoms with Crippen LogP contribution in [-0.4, -0.2) is 15.6 Å². The zero-order valence-corrected chi connectivity index (χ0v) is 15.4. The van der Waals surface area contributed by atoms with Crippen LogP contribution in [0.15, 0.2) is 81.4 Å². The Morgan fingerprint density at radius 3 is 2.50 bits per heavy atom. The van der Waals surface area contributed by atoms with Crippen molar-refractivity contribution in [1.82, 2.24) is 9.72 Å². The molecule has 0 aliphatic rings. The Hall–Kier alpha value is -3.65. The van der Waals surface area contributed by atoms with E-state index in [2.05, 4.69) is 10.5 Å². The number of ether oxygens (including phenoxy) is 1. The molecule has 0 radical (unpaired) electrons. The molecule has 0 aliphatic carbocycles. The van der Waals surface area contributed by atoms with Gasteiger partial charge in [-0.3, -0.25) is 9.32 Å². The molecule has 4 rings (SSSR count). The van der Waals surface area contributed by atoms with Crippen LogP contribution < -0.4 is 15.8 Å². The van der Waals surface area contributed by atoms with Crippen molar-refractivity contribution in [3.05, 3.63) is 82.7 Å². The molecule has 0 unspecified atom stereocenters. The lowest BCUT2D eigenvalue weighted by Crippen LogP contribution is -2.25. The zero-order chi connectivity index (χ0) is 19.3. The number of nitrogens with one attached hydrogen (secondary N) is 1. The molecule has 0 atom stereocenters. The van der Waals surface area contributed by atoms with Crippen LogP contribution in [0.3, 0.4) is 0 Å². The van der Waals surface area contributed by atoms with Gasteiger partial charge in [0, 0.05) is 5.69 Å². The third-order valence-electron chi connectivity index (χ3n) is 3.85. The van der Waals surface area contributed by atoms with Gasteiger partial charge in [-0.1, -0.05) is 29.4 Å². The van der Waals surface area contributed by atoms with Crippen LogP contribution >= 0.6 is 11.3 Å². The maximum absolute atomic E-state index is 12.4. The minimum absolute atomic E-state index is 0.197. The van der Waals surface area contributed by atoms with Crippen molar-refractivity contribution in [2.45, 2.75) is 6.54 Å². The molecule has 1 amide bonds. The fraction of sp³-hybridized carbons (Fsp3) is 0.0500. The first kappa shape index (κ1) is 17.7. The van der Waals surface area contributed by atoms with E-state index in [9.17, 15) is 9.59 Å². The number of hydrogen-bond donors (Lipinski definition) is 1. The molecule has 0 bridgehead atoms. The third kappa shape index (κ3) is 4.02. The summed E-state index contributed by atoms with van der Waals surface area (Å²) >= 11 is 1.41. The average molecular weight is 393 g/mol. The summed E-state index contributed by atoms with van der Waals surface area (Å²) in [6, 6.07) is 20.0. The summed E-state index contributed by atoms with van der Waals surface area (Å²) in [5.74, 6) is 0.679. The predicted octanol–water partition coefficient (Wildman–Crippen LogP) is 4.00. The summed E-state index contributed by atoms with van der Waals surface area (Å²) < 4.78 is 11.6. The molecule has 140 valence electrons. The molecule has 2 aromatic carbocycles. The average Bonchev–Trinajstić information content (AvgIpc) is 3.35. The number of hydrogen-bond acceptors (Lipinski definition) is 6. The van der Waals surface area contributed by atoms with Gasteiger partial charge >= 0.3 is 5.76 Å². The Labute approximate surface area is 163 Å². The fourth-order valence-corrected chi connectivity index (χ4v) is 3.28. The lowest BCUT2D eigenvalue weighted by Gasteiger charge is -2.08. The van der Waals surface area contributed by atoms with Crippen LogP contribution in [0.25, 0.3) is 10.7 Å². The van der Waals surface area contributed by atoms with E-state index in [1.165, 1.54) is 15.9 Å². The summed E-state index contributed by atoms with van der Waals surface area (Å²) in [7, 11) is 0. The topological polar surface area (TPSA) is 86.4 Å². The van der Waals surface area contributed by atoms with Crippen molar-refractivity contribution >= 4 is 22.9 Å². The molecule has 0 spiro atoms. The molecular weight excluding hydrogens is 378 g/mol. The second kappa shape index (κ2) is 7.93. The van der Waals surface area contributed by atoms with Crippen molar-refractivity contribution in [3.8, 4) is 22.2 Å². The van der Waals surface area contributed by atoms with E-state index >= 15 is 0 Å². The van der Waals surface area contributed by atoms with E-state index in [0.717, 1.165) is 10.6 Å². The lowest BCUT2D eigenvalue weighted by molar-refractivity contribution is -0.116. The standard InChI is InChI=1S/C20H15N3O4S/c24-18(13-23-19(22-27-20(23)25)17-7-4-12-28-17)21-14-8-10-16(11-9-14)26-15-5-2-1-3-6-15/h1-12H,13H2,(H,21,24). The number of rotatable bonds is 6. The first-order valence-corrected chi connectivity index (χ1v) is 9.30. The summed E-state index contributed by atoms with van der Waals surface area (Å²) in [6.45, 7) is -0.197. The maximum Gasteiger partial charge on any atom is 0.442 e. The first-order chi connectivity index (χ1) is 13.7. The van der Waals surface area contributed by atoms with Crippen molar-refractivity contribution in [2.75, 3.05) is 5.32 Å². The van der Waals surface area contributed by atoms with Gasteiger partial charge in [0.15, 0.2) is 5.82 Å². The van der Waals surface area contributed by atoms with Crippen molar-refractivity contribution < 1.29 is 14.1 Å². The Morgan fingerprint density at radius 2 is 1.79 bits per heavy atom. The van der Waals surface area contributed by atoms with Crippen molar-refractivity contribution in [3.63, 3.8) is 0 Å². The van der Waals surface area contributed by atoms with Crippen molar-refractivity contribution in [2.24, 2.45) is 0 Å². The number of nitrogens with zero attached hydrogens (tertiary/aromatic N) is 2. The Balaban J connectivity index is 1.42. The molecule has 2 aromatic heterocycles. The molecule has 0 aliphatic heterocycles. The highest BCUT2D eigenvalue weighted by molar-refractivity contribution is 7.13. The predicted molar refractivity (Wildman–Crippen MR) is 106 cm³/mol. The lowest BCUT2D eigenvalue weighted by atomic mass is 10.3. The van der Waals surface area contributed by atoms with Crippen LogP contribution in [0.4, 0.5) is 5.69 Å². The van der Waals surface area contributed by atoms with Crippen LogP contribution in [0.5, 0.6) is 11.5 Å². The van der Waals surface area contributed by atoms with Gasteiger partial charge in [-0.15, -0.1) is 11.3 Å². The number of thiophene rings is 1.